The molecule has 2 N–H and O–H groups in total. The lowest BCUT2D eigenvalue weighted by Crippen LogP contribution is -2.19. The van der Waals surface area contributed by atoms with Crippen molar-refractivity contribution in [2.24, 2.45) is 0 Å². The molecule has 0 saturated heterocycles. The number of carbonyl (C=O) groups excluding carboxylic acids is 1. The van der Waals surface area contributed by atoms with E-state index in [1.165, 1.54) is 6.20 Å². The molecule has 0 radical (unpaired) electrons. The number of aliphatic carboxylic acids is 1. The number of nitrogens with zero attached hydrogens (tertiary/aromatic N) is 1. The number of pyridine rings is 1. The minimum Gasteiger partial charge on any atom is -0.481 e. The molecule has 7 heteroatoms. The number of carboxylic acids is 1. The van der Waals surface area contributed by atoms with Crippen LogP contribution in [0, 0.1) is 0 Å². The van der Waals surface area contributed by atoms with Crippen LogP contribution in [-0.4, -0.2) is 28.8 Å². The van der Waals surface area contributed by atoms with Gasteiger partial charge in [-0.15, -0.1) is 0 Å². The van der Waals surface area contributed by atoms with E-state index < -0.39 is 12.1 Å². The number of amides is 1. The highest BCUT2D eigenvalue weighted by Crippen LogP contribution is 2.44. The first-order valence-corrected chi connectivity index (χ1v) is 10.4. The summed E-state index contributed by atoms with van der Waals surface area (Å²) in [6, 6.07) is 17.9. The molecule has 6 nitrogen and oxygen atoms in total. The number of fused-ring (bicyclic) bond motifs is 3. The van der Waals surface area contributed by atoms with Gasteiger partial charge in [-0.3, -0.25) is 10.1 Å². The Hall–Kier alpha value is -3.38. The predicted octanol–water partition coefficient (Wildman–Crippen LogP) is 5.50. The number of halogens is 1. The number of carbonyl (C=O) groups is 2. The lowest BCUT2D eigenvalue weighted by atomic mass is 9.98. The van der Waals surface area contributed by atoms with Gasteiger partial charge in [0.25, 0.3) is 0 Å². The Balaban J connectivity index is 1.44. The van der Waals surface area contributed by atoms with E-state index >= 15 is 0 Å². The largest absolute Gasteiger partial charge is 0.481 e. The summed E-state index contributed by atoms with van der Waals surface area (Å²) in [7, 11) is 0. The maximum Gasteiger partial charge on any atom is 0.412 e. The Morgan fingerprint density at radius 2 is 1.71 bits per heavy atom. The van der Waals surface area contributed by atoms with E-state index in [0.717, 1.165) is 22.3 Å². The van der Waals surface area contributed by atoms with E-state index in [2.05, 4.69) is 34.6 Å². The van der Waals surface area contributed by atoms with Crippen molar-refractivity contribution in [2.45, 2.75) is 25.2 Å². The molecule has 4 rings (SSSR count). The zero-order valence-electron chi connectivity index (χ0n) is 16.7. The predicted molar refractivity (Wildman–Crippen MR) is 119 cm³/mol. The van der Waals surface area contributed by atoms with Gasteiger partial charge in [0.05, 0.1) is 5.02 Å². The van der Waals surface area contributed by atoms with E-state index in [1.807, 2.05) is 24.3 Å². The maximum absolute atomic E-state index is 12.5. The Morgan fingerprint density at radius 3 is 2.35 bits per heavy atom. The van der Waals surface area contributed by atoms with Crippen molar-refractivity contribution in [3.8, 4) is 11.1 Å². The number of hydrogen-bond acceptors (Lipinski definition) is 4. The van der Waals surface area contributed by atoms with Gasteiger partial charge in [-0.05, 0) is 46.7 Å². The monoisotopic (exact) mass is 436 g/mol. The lowest BCUT2D eigenvalue weighted by molar-refractivity contribution is -0.137. The van der Waals surface area contributed by atoms with Crippen LogP contribution < -0.4 is 5.32 Å². The van der Waals surface area contributed by atoms with Crippen molar-refractivity contribution in [2.75, 3.05) is 11.9 Å². The Kier molecular flexibility index (Phi) is 6.18. The molecule has 1 amide bonds. The van der Waals surface area contributed by atoms with E-state index in [-0.39, 0.29) is 18.9 Å². The Morgan fingerprint density at radius 1 is 1.06 bits per heavy atom. The first-order valence-electron chi connectivity index (χ1n) is 10.0. The van der Waals surface area contributed by atoms with Crippen molar-refractivity contribution < 1.29 is 19.4 Å². The molecule has 0 bridgehead atoms. The van der Waals surface area contributed by atoms with Crippen molar-refractivity contribution in [1.29, 1.82) is 0 Å². The summed E-state index contributed by atoms with van der Waals surface area (Å²) in [4.78, 5) is 27.5. The minimum atomic E-state index is -0.874. The molecule has 1 heterocycles. The van der Waals surface area contributed by atoms with Gasteiger partial charge in [-0.2, -0.15) is 0 Å². The van der Waals surface area contributed by atoms with E-state index in [4.69, 9.17) is 21.4 Å². The fraction of sp³-hybridized carbons (Fsp3) is 0.208. The van der Waals surface area contributed by atoms with Crippen LogP contribution in [0.3, 0.4) is 0 Å². The number of hydrogen-bond donors (Lipinski definition) is 2. The molecular weight excluding hydrogens is 416 g/mol. The van der Waals surface area contributed by atoms with Crippen molar-refractivity contribution in [3.63, 3.8) is 0 Å². The fourth-order valence-electron chi connectivity index (χ4n) is 3.95. The normalized spacial score (nSPS) is 12.2. The highest BCUT2D eigenvalue weighted by molar-refractivity contribution is 6.30. The van der Waals surface area contributed by atoms with Crippen molar-refractivity contribution in [3.05, 3.63) is 82.5 Å². The maximum atomic E-state index is 12.5. The summed E-state index contributed by atoms with van der Waals surface area (Å²) in [5.74, 6) is -0.584. The van der Waals surface area contributed by atoms with Crippen LogP contribution in [0.4, 0.5) is 10.6 Å². The molecule has 3 aromatic rings. The SMILES string of the molecule is O=C(O)CCCc1cc(Cl)cnc1NC(=O)OCC1c2ccccc2-c2ccccc21. The molecule has 1 aliphatic rings. The zero-order chi connectivity index (χ0) is 21.8. The van der Waals surface area contributed by atoms with Crippen molar-refractivity contribution >= 4 is 29.5 Å². The van der Waals surface area contributed by atoms with Gasteiger partial charge in [0.2, 0.25) is 0 Å². The molecule has 1 aliphatic carbocycles. The zero-order valence-corrected chi connectivity index (χ0v) is 17.4. The number of anilines is 1. The van der Waals surface area contributed by atoms with Crippen LogP contribution in [-0.2, 0) is 16.0 Å². The molecule has 0 atom stereocenters. The summed E-state index contributed by atoms with van der Waals surface area (Å²) < 4.78 is 5.55. The molecule has 1 aromatic heterocycles. The highest BCUT2D eigenvalue weighted by atomic mass is 35.5. The number of aromatic nitrogens is 1. The third-order valence-corrected chi connectivity index (χ3v) is 5.54. The average molecular weight is 437 g/mol. The number of rotatable bonds is 7. The number of nitrogens with one attached hydrogen (secondary N) is 1. The quantitative estimate of drug-likeness (QED) is 0.510. The first kappa shape index (κ1) is 20.9. The Labute approximate surface area is 184 Å². The third kappa shape index (κ3) is 4.70. The second kappa shape index (κ2) is 9.18. The van der Waals surface area contributed by atoms with Crippen LogP contribution in [0.2, 0.25) is 5.02 Å². The third-order valence-electron chi connectivity index (χ3n) is 5.33. The van der Waals surface area contributed by atoms with Gasteiger partial charge in [-0.25, -0.2) is 9.78 Å². The topological polar surface area (TPSA) is 88.5 Å². The standard InChI is InChI=1S/C24H21ClN2O4/c25-16-12-15(6-5-11-22(28)29)23(26-13-16)27-24(30)31-14-21-19-9-3-1-7-17(19)18-8-2-4-10-20(18)21/h1-4,7-10,12-13,21H,5-6,11,14H2,(H,28,29)(H,26,27,30). The second-order valence-electron chi connectivity index (χ2n) is 7.36. The first-order chi connectivity index (χ1) is 15.0. The molecule has 158 valence electrons. The fourth-order valence-corrected chi connectivity index (χ4v) is 4.13. The molecule has 0 aliphatic heterocycles. The average Bonchev–Trinajstić information content (AvgIpc) is 3.08. The second-order valence-corrected chi connectivity index (χ2v) is 7.80. The van der Waals surface area contributed by atoms with Crippen LogP contribution in [0.25, 0.3) is 11.1 Å². The molecule has 0 unspecified atom stereocenters. The van der Waals surface area contributed by atoms with Gasteiger partial charge in [0.1, 0.15) is 12.4 Å². The summed E-state index contributed by atoms with van der Waals surface area (Å²) in [6.45, 7) is 0.196. The highest BCUT2D eigenvalue weighted by Gasteiger charge is 2.29. The lowest BCUT2D eigenvalue weighted by Gasteiger charge is -2.15. The smallest absolute Gasteiger partial charge is 0.412 e. The van der Waals surface area contributed by atoms with Crippen LogP contribution in [0.5, 0.6) is 0 Å². The van der Waals surface area contributed by atoms with E-state index in [9.17, 15) is 9.59 Å². The summed E-state index contributed by atoms with van der Waals surface area (Å²) in [6.07, 6.45) is 1.68. The van der Waals surface area contributed by atoms with Crippen LogP contribution >= 0.6 is 11.6 Å². The molecule has 0 spiro atoms. The Bertz CT molecular complexity index is 1090. The number of aryl methyl sites for hydroxylation is 1. The van der Waals surface area contributed by atoms with Crippen molar-refractivity contribution in [1.82, 2.24) is 4.98 Å². The number of carboxylic acid groups (broad SMARTS) is 1. The van der Waals surface area contributed by atoms with Gasteiger partial charge >= 0.3 is 12.1 Å². The summed E-state index contributed by atoms with van der Waals surface area (Å²) in [5, 5.41) is 11.9. The van der Waals surface area contributed by atoms with Crippen LogP contribution in [0.15, 0.2) is 60.8 Å². The number of benzene rings is 2. The van der Waals surface area contributed by atoms with Gasteiger partial charge in [0.15, 0.2) is 0 Å². The summed E-state index contributed by atoms with van der Waals surface area (Å²) >= 11 is 6.02. The van der Waals surface area contributed by atoms with E-state index in [1.54, 1.807) is 6.07 Å². The molecule has 0 saturated carbocycles. The molecule has 0 fully saturated rings. The van der Waals surface area contributed by atoms with Gasteiger partial charge < -0.3 is 9.84 Å². The van der Waals surface area contributed by atoms with Gasteiger partial charge in [0, 0.05) is 18.5 Å². The minimum absolute atomic E-state index is 0.0247. The number of ether oxygens (including phenoxy) is 1. The van der Waals surface area contributed by atoms with Gasteiger partial charge in [-0.1, -0.05) is 60.1 Å². The molecule has 2 aromatic carbocycles. The molecule has 31 heavy (non-hydrogen) atoms. The summed E-state index contributed by atoms with van der Waals surface area (Å²) in [5.41, 5.74) is 5.26. The van der Waals surface area contributed by atoms with Crippen LogP contribution in [0.1, 0.15) is 35.4 Å². The van der Waals surface area contributed by atoms with E-state index in [0.29, 0.717) is 29.2 Å². The molecular formula is C24H21ClN2O4.